The molecule has 100 valence electrons. The molecule has 0 saturated carbocycles. The number of rotatable bonds is 2. The second-order valence-corrected chi connectivity index (χ2v) is 5.10. The number of benzene rings is 1. The summed E-state index contributed by atoms with van der Waals surface area (Å²) in [4.78, 5) is 25.7. The quantitative estimate of drug-likeness (QED) is 0.885. The summed E-state index contributed by atoms with van der Waals surface area (Å²) in [5.74, 6) is -0.308. The van der Waals surface area contributed by atoms with Gasteiger partial charge in [0.15, 0.2) is 0 Å². The molecule has 19 heavy (non-hydrogen) atoms. The van der Waals surface area contributed by atoms with E-state index in [9.17, 15) is 14.7 Å². The van der Waals surface area contributed by atoms with E-state index in [1.807, 2.05) is 19.1 Å². The lowest BCUT2D eigenvalue weighted by Crippen LogP contribution is -2.31. The number of aromatic amines is 1. The summed E-state index contributed by atoms with van der Waals surface area (Å²) in [5.41, 5.74) is 0.339. The molecule has 0 radical (unpaired) electrons. The van der Waals surface area contributed by atoms with Crippen molar-refractivity contribution in [3.63, 3.8) is 0 Å². The van der Waals surface area contributed by atoms with Crippen LogP contribution in [0.2, 0.25) is 0 Å². The third-order valence-corrected chi connectivity index (χ3v) is 3.44. The van der Waals surface area contributed by atoms with E-state index >= 15 is 0 Å². The minimum Gasteiger partial charge on any atom is -0.494 e. The smallest absolute Gasteiger partial charge is 0.335 e. The summed E-state index contributed by atoms with van der Waals surface area (Å²) in [5, 5.41) is 10.1. The average molecular weight is 325 g/mol. The molecule has 0 aliphatic heterocycles. The normalized spacial score (nSPS) is 10.7. The van der Waals surface area contributed by atoms with Gasteiger partial charge in [0.1, 0.15) is 0 Å². The van der Waals surface area contributed by atoms with Crippen molar-refractivity contribution < 1.29 is 5.11 Å². The van der Waals surface area contributed by atoms with Crippen LogP contribution in [0.1, 0.15) is 18.1 Å². The summed E-state index contributed by atoms with van der Waals surface area (Å²) in [6, 6.07) is 5.38. The van der Waals surface area contributed by atoms with Gasteiger partial charge in [0.05, 0.1) is 11.3 Å². The Kier molecular flexibility index (Phi) is 3.61. The van der Waals surface area contributed by atoms with Crippen molar-refractivity contribution in [3.8, 4) is 11.6 Å². The van der Waals surface area contributed by atoms with Crippen LogP contribution < -0.4 is 11.2 Å². The summed E-state index contributed by atoms with van der Waals surface area (Å²) in [7, 11) is 0. The van der Waals surface area contributed by atoms with Crippen molar-refractivity contribution in [2.24, 2.45) is 0 Å². The topological polar surface area (TPSA) is 75.1 Å². The molecule has 1 aromatic carbocycles. The molecular formula is C13H13BrN2O3. The number of aryl methyl sites for hydroxylation is 1. The van der Waals surface area contributed by atoms with Gasteiger partial charge in [-0.2, -0.15) is 0 Å². The van der Waals surface area contributed by atoms with Gasteiger partial charge in [0, 0.05) is 4.47 Å². The van der Waals surface area contributed by atoms with Gasteiger partial charge in [-0.25, -0.2) is 9.36 Å². The molecule has 0 aliphatic rings. The zero-order chi connectivity index (χ0) is 14.2. The number of H-pyrrole nitrogens is 1. The second-order valence-electron chi connectivity index (χ2n) is 4.18. The molecule has 2 aromatic rings. The average Bonchev–Trinajstić information content (AvgIpc) is 2.33. The Balaban J connectivity index is 2.86. The number of aromatic hydroxyl groups is 1. The van der Waals surface area contributed by atoms with Crippen LogP contribution in [0.5, 0.6) is 5.88 Å². The lowest BCUT2D eigenvalue weighted by atomic mass is 10.2. The minimum atomic E-state index is -0.652. The number of halogens is 1. The van der Waals surface area contributed by atoms with E-state index in [2.05, 4.69) is 20.9 Å². The molecule has 0 amide bonds. The van der Waals surface area contributed by atoms with E-state index in [1.54, 1.807) is 13.0 Å². The van der Waals surface area contributed by atoms with Crippen LogP contribution in [0, 0.1) is 6.92 Å². The predicted molar refractivity (Wildman–Crippen MR) is 76.1 cm³/mol. The third kappa shape index (κ3) is 2.35. The lowest BCUT2D eigenvalue weighted by molar-refractivity contribution is 0.423. The second kappa shape index (κ2) is 5.05. The van der Waals surface area contributed by atoms with Gasteiger partial charge >= 0.3 is 5.69 Å². The number of aromatic nitrogens is 2. The molecule has 5 nitrogen and oxygen atoms in total. The van der Waals surface area contributed by atoms with E-state index in [4.69, 9.17) is 0 Å². The highest BCUT2D eigenvalue weighted by molar-refractivity contribution is 9.10. The first-order valence-corrected chi connectivity index (χ1v) is 6.58. The fourth-order valence-corrected chi connectivity index (χ4v) is 2.28. The summed E-state index contributed by atoms with van der Waals surface area (Å²) >= 11 is 3.32. The van der Waals surface area contributed by atoms with Crippen molar-refractivity contribution in [2.75, 3.05) is 0 Å². The SMILES string of the molecule is CCc1c(O)n(-c2cc(Br)ccc2C)c(=O)[nH]c1=O. The summed E-state index contributed by atoms with van der Waals surface area (Å²) in [6.45, 7) is 3.57. The number of nitrogens with one attached hydrogen (secondary N) is 1. The Morgan fingerprint density at radius 3 is 2.68 bits per heavy atom. The van der Waals surface area contributed by atoms with Crippen LogP contribution in [0.15, 0.2) is 32.3 Å². The maximum Gasteiger partial charge on any atom is 0.335 e. The third-order valence-electron chi connectivity index (χ3n) is 2.95. The molecule has 1 heterocycles. The van der Waals surface area contributed by atoms with Gasteiger partial charge in [0.25, 0.3) is 5.56 Å². The van der Waals surface area contributed by atoms with Gasteiger partial charge in [-0.3, -0.25) is 9.78 Å². The van der Waals surface area contributed by atoms with Gasteiger partial charge < -0.3 is 5.11 Å². The highest BCUT2D eigenvalue weighted by atomic mass is 79.9. The zero-order valence-corrected chi connectivity index (χ0v) is 12.1. The van der Waals surface area contributed by atoms with E-state index < -0.39 is 11.2 Å². The van der Waals surface area contributed by atoms with Gasteiger partial charge in [-0.15, -0.1) is 0 Å². The first kappa shape index (κ1) is 13.6. The Bertz CT molecular complexity index is 747. The van der Waals surface area contributed by atoms with Gasteiger partial charge in [-0.1, -0.05) is 28.9 Å². The molecule has 0 spiro atoms. The fraction of sp³-hybridized carbons (Fsp3) is 0.231. The molecule has 0 saturated heterocycles. The standard InChI is InChI=1S/C13H13BrN2O3/c1-3-9-11(17)15-13(19)16(12(9)18)10-6-8(14)5-4-7(10)2/h4-6,18H,3H2,1-2H3,(H,15,17,19). The molecule has 2 N–H and O–H groups in total. The van der Waals surface area contributed by atoms with E-state index in [0.717, 1.165) is 14.6 Å². The van der Waals surface area contributed by atoms with E-state index in [1.165, 1.54) is 0 Å². The zero-order valence-electron chi connectivity index (χ0n) is 10.5. The lowest BCUT2D eigenvalue weighted by Gasteiger charge is -2.13. The molecule has 0 atom stereocenters. The summed E-state index contributed by atoms with van der Waals surface area (Å²) in [6.07, 6.45) is 0.342. The fourth-order valence-electron chi connectivity index (χ4n) is 1.93. The highest BCUT2D eigenvalue weighted by Crippen LogP contribution is 2.23. The van der Waals surface area contributed by atoms with Crippen LogP contribution in [0.4, 0.5) is 0 Å². The number of hydrogen-bond donors (Lipinski definition) is 2. The van der Waals surface area contributed by atoms with Crippen molar-refractivity contribution >= 4 is 15.9 Å². The summed E-state index contributed by atoms with van der Waals surface area (Å²) < 4.78 is 1.89. The molecule has 0 aliphatic carbocycles. The van der Waals surface area contributed by atoms with Gasteiger partial charge in [0.2, 0.25) is 5.88 Å². The van der Waals surface area contributed by atoms with E-state index in [-0.39, 0.29) is 11.4 Å². The minimum absolute atomic E-state index is 0.193. The van der Waals surface area contributed by atoms with Gasteiger partial charge in [-0.05, 0) is 31.0 Å². The Morgan fingerprint density at radius 2 is 2.05 bits per heavy atom. The largest absolute Gasteiger partial charge is 0.494 e. The molecular weight excluding hydrogens is 312 g/mol. The van der Waals surface area contributed by atoms with Crippen molar-refractivity contribution in [1.82, 2.24) is 9.55 Å². The molecule has 0 bridgehead atoms. The molecule has 0 fully saturated rings. The monoisotopic (exact) mass is 324 g/mol. The Labute approximate surface area is 117 Å². The van der Waals surface area contributed by atoms with Crippen molar-refractivity contribution in [3.05, 3.63) is 54.6 Å². The highest BCUT2D eigenvalue weighted by Gasteiger charge is 2.15. The molecule has 1 aromatic heterocycles. The van der Waals surface area contributed by atoms with E-state index in [0.29, 0.717) is 12.1 Å². The molecule has 0 unspecified atom stereocenters. The van der Waals surface area contributed by atoms with Crippen LogP contribution in [-0.4, -0.2) is 14.7 Å². The first-order valence-electron chi connectivity index (χ1n) is 5.79. The van der Waals surface area contributed by atoms with Crippen molar-refractivity contribution in [2.45, 2.75) is 20.3 Å². The Hall–Kier alpha value is -1.82. The first-order chi connectivity index (χ1) is 8.95. The van der Waals surface area contributed by atoms with Crippen LogP contribution in [-0.2, 0) is 6.42 Å². The maximum absolute atomic E-state index is 11.9. The van der Waals surface area contributed by atoms with Crippen LogP contribution >= 0.6 is 15.9 Å². The van der Waals surface area contributed by atoms with Crippen LogP contribution in [0.25, 0.3) is 5.69 Å². The number of nitrogens with zero attached hydrogens (tertiary/aromatic N) is 1. The maximum atomic E-state index is 11.9. The Morgan fingerprint density at radius 1 is 1.37 bits per heavy atom. The molecule has 2 rings (SSSR count). The molecule has 6 heteroatoms. The number of hydrogen-bond acceptors (Lipinski definition) is 3. The predicted octanol–water partition coefficient (Wildman–Crippen LogP) is 1.86. The van der Waals surface area contributed by atoms with Crippen LogP contribution in [0.3, 0.4) is 0 Å². The van der Waals surface area contributed by atoms with Crippen molar-refractivity contribution in [1.29, 1.82) is 0 Å².